The van der Waals surface area contributed by atoms with Crippen LogP contribution >= 0.6 is 11.3 Å². The molecule has 1 unspecified atom stereocenters. The molecule has 6 heteroatoms. The highest BCUT2D eigenvalue weighted by Gasteiger charge is 2.18. The van der Waals surface area contributed by atoms with E-state index in [4.69, 9.17) is 4.52 Å². The summed E-state index contributed by atoms with van der Waals surface area (Å²) in [6.45, 7) is 2.15. The van der Waals surface area contributed by atoms with Gasteiger partial charge in [-0.2, -0.15) is 4.98 Å². The zero-order chi connectivity index (χ0) is 10.8. The number of hydrogen-bond donors (Lipinski definition) is 1. The molecule has 16 heavy (non-hydrogen) atoms. The van der Waals surface area contributed by atoms with Crippen LogP contribution in [-0.2, 0) is 6.42 Å². The van der Waals surface area contributed by atoms with Crippen LogP contribution in [0.1, 0.15) is 12.3 Å². The lowest BCUT2D eigenvalue weighted by Crippen LogP contribution is -2.10. The van der Waals surface area contributed by atoms with Gasteiger partial charge in [0.2, 0.25) is 11.7 Å². The predicted molar refractivity (Wildman–Crippen MR) is 60.1 cm³/mol. The summed E-state index contributed by atoms with van der Waals surface area (Å²) in [4.78, 5) is 9.34. The van der Waals surface area contributed by atoms with Crippen LogP contribution in [0.15, 0.2) is 16.2 Å². The normalized spacial score (nSPS) is 20.4. The Morgan fingerprint density at radius 2 is 2.56 bits per heavy atom. The van der Waals surface area contributed by atoms with E-state index in [2.05, 4.69) is 20.4 Å². The molecule has 2 aromatic rings. The van der Waals surface area contributed by atoms with E-state index < -0.39 is 0 Å². The maximum Gasteiger partial charge on any atom is 0.227 e. The number of aromatic nitrogens is 3. The molecule has 5 nitrogen and oxygen atoms in total. The molecule has 0 amide bonds. The van der Waals surface area contributed by atoms with Crippen molar-refractivity contribution >= 4 is 11.3 Å². The highest BCUT2D eigenvalue weighted by atomic mass is 32.1. The quantitative estimate of drug-likeness (QED) is 0.871. The van der Waals surface area contributed by atoms with E-state index in [1.54, 1.807) is 11.7 Å². The zero-order valence-corrected chi connectivity index (χ0v) is 9.54. The monoisotopic (exact) mass is 236 g/mol. The van der Waals surface area contributed by atoms with Gasteiger partial charge in [-0.25, -0.2) is 0 Å². The van der Waals surface area contributed by atoms with Gasteiger partial charge in [0.05, 0.1) is 10.4 Å². The Bertz CT molecular complexity index is 447. The first-order chi connectivity index (χ1) is 7.92. The summed E-state index contributed by atoms with van der Waals surface area (Å²) in [6, 6.07) is 0. The average molecular weight is 236 g/mol. The van der Waals surface area contributed by atoms with Crippen LogP contribution in [0.25, 0.3) is 10.7 Å². The summed E-state index contributed by atoms with van der Waals surface area (Å²) >= 11 is 1.52. The minimum absolute atomic E-state index is 0.634. The van der Waals surface area contributed by atoms with E-state index in [0.717, 1.165) is 30.3 Å². The highest BCUT2D eigenvalue weighted by Crippen LogP contribution is 2.21. The summed E-state index contributed by atoms with van der Waals surface area (Å²) in [5, 5.41) is 7.29. The minimum atomic E-state index is 0.634. The van der Waals surface area contributed by atoms with Crippen molar-refractivity contribution in [1.29, 1.82) is 0 Å². The van der Waals surface area contributed by atoms with Gasteiger partial charge in [-0.3, -0.25) is 4.98 Å². The number of thiazole rings is 1. The molecular formula is C10H12N4OS. The molecule has 84 valence electrons. The molecule has 0 saturated carbocycles. The largest absolute Gasteiger partial charge is 0.339 e. The average Bonchev–Trinajstić information content (AvgIpc) is 2.99. The van der Waals surface area contributed by atoms with Crippen molar-refractivity contribution in [1.82, 2.24) is 20.4 Å². The van der Waals surface area contributed by atoms with Crippen LogP contribution in [0.5, 0.6) is 0 Å². The van der Waals surface area contributed by atoms with Gasteiger partial charge in [0.25, 0.3) is 0 Å². The Hall–Kier alpha value is -1.27. The van der Waals surface area contributed by atoms with Crippen molar-refractivity contribution < 1.29 is 4.52 Å². The summed E-state index contributed by atoms with van der Waals surface area (Å²) in [5.41, 5.74) is 1.77. The van der Waals surface area contributed by atoms with Gasteiger partial charge in [0.1, 0.15) is 0 Å². The number of rotatable bonds is 3. The molecule has 0 aliphatic carbocycles. The fourth-order valence-electron chi connectivity index (χ4n) is 1.90. The fourth-order valence-corrected chi connectivity index (χ4v) is 2.44. The van der Waals surface area contributed by atoms with Gasteiger partial charge in [0.15, 0.2) is 0 Å². The third-order valence-electron chi connectivity index (χ3n) is 2.75. The first-order valence-electron chi connectivity index (χ1n) is 5.34. The van der Waals surface area contributed by atoms with Crippen LogP contribution in [0.3, 0.4) is 0 Å². The van der Waals surface area contributed by atoms with Crippen molar-refractivity contribution in [3.8, 4) is 10.7 Å². The predicted octanol–water partition coefficient (Wildman–Crippen LogP) is 1.35. The topological polar surface area (TPSA) is 63.8 Å². The molecule has 1 atom stereocenters. The Labute approximate surface area is 96.9 Å². The maximum atomic E-state index is 5.24. The molecule has 3 heterocycles. The third kappa shape index (κ3) is 1.98. The Balaban J connectivity index is 1.72. The second kappa shape index (κ2) is 4.31. The van der Waals surface area contributed by atoms with Gasteiger partial charge < -0.3 is 9.84 Å². The third-order valence-corrected chi connectivity index (χ3v) is 3.52. The second-order valence-corrected chi connectivity index (χ2v) is 4.83. The molecule has 2 aromatic heterocycles. The lowest BCUT2D eigenvalue weighted by molar-refractivity contribution is 0.358. The van der Waals surface area contributed by atoms with Crippen LogP contribution < -0.4 is 5.32 Å². The molecule has 1 aliphatic heterocycles. The second-order valence-electron chi connectivity index (χ2n) is 3.94. The van der Waals surface area contributed by atoms with Gasteiger partial charge >= 0.3 is 0 Å². The minimum Gasteiger partial charge on any atom is -0.339 e. The van der Waals surface area contributed by atoms with Gasteiger partial charge in [-0.1, -0.05) is 5.16 Å². The van der Waals surface area contributed by atoms with Crippen LogP contribution in [0.2, 0.25) is 0 Å². The molecule has 0 aromatic carbocycles. The molecule has 1 saturated heterocycles. The van der Waals surface area contributed by atoms with E-state index in [-0.39, 0.29) is 0 Å². The highest BCUT2D eigenvalue weighted by molar-refractivity contribution is 7.13. The summed E-state index contributed by atoms with van der Waals surface area (Å²) in [7, 11) is 0. The van der Waals surface area contributed by atoms with Crippen molar-refractivity contribution in [3.63, 3.8) is 0 Å². The molecule has 1 N–H and O–H groups in total. The molecule has 3 rings (SSSR count). The zero-order valence-electron chi connectivity index (χ0n) is 8.72. The van der Waals surface area contributed by atoms with Crippen molar-refractivity contribution in [2.75, 3.05) is 13.1 Å². The lowest BCUT2D eigenvalue weighted by atomic mass is 10.1. The molecule has 0 bridgehead atoms. The first kappa shape index (κ1) is 9.92. The number of hydrogen-bond acceptors (Lipinski definition) is 6. The van der Waals surface area contributed by atoms with E-state index in [1.165, 1.54) is 17.8 Å². The molecule has 1 aliphatic rings. The Morgan fingerprint density at radius 1 is 1.56 bits per heavy atom. The molecule has 0 radical (unpaired) electrons. The standard InChI is InChI=1S/C10H12N4OS/c1-2-11-4-7(1)3-9-13-10(14-15-9)8-5-12-6-16-8/h5-7,11H,1-4H2. The van der Waals surface area contributed by atoms with E-state index in [0.29, 0.717) is 11.7 Å². The molecule has 0 spiro atoms. The van der Waals surface area contributed by atoms with Gasteiger partial charge in [-0.05, 0) is 25.4 Å². The number of nitrogens with zero attached hydrogens (tertiary/aromatic N) is 3. The lowest BCUT2D eigenvalue weighted by Gasteiger charge is -2.01. The van der Waals surface area contributed by atoms with Crippen molar-refractivity contribution in [3.05, 3.63) is 17.6 Å². The van der Waals surface area contributed by atoms with Crippen LogP contribution in [-0.4, -0.2) is 28.2 Å². The van der Waals surface area contributed by atoms with Gasteiger partial charge in [0, 0.05) is 12.6 Å². The smallest absolute Gasteiger partial charge is 0.227 e. The van der Waals surface area contributed by atoms with E-state index in [1.807, 2.05) is 0 Å². The van der Waals surface area contributed by atoms with E-state index >= 15 is 0 Å². The Morgan fingerprint density at radius 3 is 3.31 bits per heavy atom. The molecule has 1 fully saturated rings. The van der Waals surface area contributed by atoms with Crippen LogP contribution in [0, 0.1) is 5.92 Å². The van der Waals surface area contributed by atoms with E-state index in [9.17, 15) is 0 Å². The molecular weight excluding hydrogens is 224 g/mol. The SMILES string of the molecule is c1ncc(-c2noc(CC3CCNC3)n2)s1. The summed E-state index contributed by atoms with van der Waals surface area (Å²) < 4.78 is 5.24. The number of nitrogens with one attached hydrogen (secondary N) is 1. The van der Waals surface area contributed by atoms with Crippen LogP contribution in [0.4, 0.5) is 0 Å². The van der Waals surface area contributed by atoms with Gasteiger partial charge in [-0.15, -0.1) is 11.3 Å². The van der Waals surface area contributed by atoms with Crippen molar-refractivity contribution in [2.45, 2.75) is 12.8 Å². The summed E-state index contributed by atoms with van der Waals surface area (Å²) in [5.74, 6) is 2.02. The maximum absolute atomic E-state index is 5.24. The van der Waals surface area contributed by atoms with Crippen molar-refractivity contribution in [2.24, 2.45) is 5.92 Å². The first-order valence-corrected chi connectivity index (χ1v) is 6.22. The summed E-state index contributed by atoms with van der Waals surface area (Å²) in [6.07, 6.45) is 3.83. The fraction of sp³-hybridized carbons (Fsp3) is 0.500. The Kier molecular flexibility index (Phi) is 2.67.